The van der Waals surface area contributed by atoms with E-state index in [4.69, 9.17) is 0 Å². The molecular weight excluding hydrogens is 232 g/mol. The number of aromatic nitrogens is 1. The van der Waals surface area contributed by atoms with Crippen LogP contribution in [0, 0.1) is 6.92 Å². The molecule has 2 aromatic rings. The molecule has 88 valence electrons. The molecule has 1 N–H and O–H groups in total. The van der Waals surface area contributed by atoms with Crippen LogP contribution in [0.25, 0.3) is 0 Å². The van der Waals surface area contributed by atoms with Crippen molar-refractivity contribution in [2.24, 2.45) is 0 Å². The number of benzene rings is 1. The van der Waals surface area contributed by atoms with Gasteiger partial charge in [-0.25, -0.2) is 4.98 Å². The molecule has 17 heavy (non-hydrogen) atoms. The number of rotatable bonds is 4. The van der Waals surface area contributed by atoms with Gasteiger partial charge < -0.3 is 5.32 Å². The van der Waals surface area contributed by atoms with E-state index in [9.17, 15) is 4.79 Å². The number of nitrogens with one attached hydrogen (secondary N) is 1. The third kappa shape index (κ3) is 3.39. The number of hydrogen-bond acceptors (Lipinski definition) is 3. The highest BCUT2D eigenvalue weighted by molar-refractivity contribution is 7.14. The second-order valence-electron chi connectivity index (χ2n) is 3.80. The Kier molecular flexibility index (Phi) is 3.88. The van der Waals surface area contributed by atoms with Gasteiger partial charge in [0, 0.05) is 6.42 Å². The molecule has 0 radical (unpaired) electrons. The summed E-state index contributed by atoms with van der Waals surface area (Å²) in [5.74, 6) is 0.0428. The van der Waals surface area contributed by atoms with E-state index < -0.39 is 0 Å². The molecule has 2 rings (SSSR count). The van der Waals surface area contributed by atoms with Crippen LogP contribution in [0.15, 0.2) is 35.8 Å². The Hall–Kier alpha value is -1.68. The number of nitrogens with zero attached hydrogens (tertiary/aromatic N) is 1. The van der Waals surface area contributed by atoms with Gasteiger partial charge >= 0.3 is 0 Å². The zero-order chi connectivity index (χ0) is 12.1. The predicted molar refractivity (Wildman–Crippen MR) is 70.2 cm³/mol. The lowest BCUT2D eigenvalue weighted by Gasteiger charge is -2.03. The quantitative estimate of drug-likeness (QED) is 0.901. The largest absolute Gasteiger partial charge is 0.316 e. The van der Waals surface area contributed by atoms with E-state index in [1.54, 1.807) is 5.51 Å². The highest BCUT2D eigenvalue weighted by Crippen LogP contribution is 2.19. The van der Waals surface area contributed by atoms with Gasteiger partial charge in [0.25, 0.3) is 0 Å². The second-order valence-corrected chi connectivity index (χ2v) is 4.66. The van der Waals surface area contributed by atoms with E-state index in [1.165, 1.54) is 16.9 Å². The van der Waals surface area contributed by atoms with Crippen molar-refractivity contribution in [1.29, 1.82) is 0 Å². The number of carbonyl (C=O) groups is 1. The first-order valence-corrected chi connectivity index (χ1v) is 6.37. The highest BCUT2D eigenvalue weighted by atomic mass is 32.1. The first-order valence-electron chi connectivity index (χ1n) is 5.49. The molecule has 0 unspecified atom stereocenters. The van der Waals surface area contributed by atoms with Gasteiger partial charge in [-0.3, -0.25) is 4.79 Å². The average Bonchev–Trinajstić information content (AvgIpc) is 2.74. The summed E-state index contributed by atoms with van der Waals surface area (Å²) in [7, 11) is 0. The zero-order valence-electron chi connectivity index (χ0n) is 9.64. The van der Waals surface area contributed by atoms with E-state index in [0.717, 1.165) is 17.1 Å². The average molecular weight is 246 g/mol. The van der Waals surface area contributed by atoms with E-state index in [1.807, 2.05) is 37.3 Å². The standard InChI is InChI=1S/C13H14N2OS/c1-10-13(17-9-14-10)15-12(16)8-7-11-5-3-2-4-6-11/h2-6,9H,7-8H2,1H3,(H,15,16). The summed E-state index contributed by atoms with van der Waals surface area (Å²) in [5.41, 5.74) is 3.80. The molecular formula is C13H14N2OS. The molecule has 0 bridgehead atoms. The lowest BCUT2D eigenvalue weighted by Crippen LogP contribution is -2.12. The molecule has 0 aliphatic carbocycles. The number of anilines is 1. The van der Waals surface area contributed by atoms with Crippen molar-refractivity contribution >= 4 is 22.2 Å². The third-order valence-electron chi connectivity index (χ3n) is 2.48. The first kappa shape index (κ1) is 11.8. The van der Waals surface area contributed by atoms with Crippen LogP contribution in [-0.4, -0.2) is 10.9 Å². The first-order chi connectivity index (χ1) is 8.25. The van der Waals surface area contributed by atoms with Crippen LogP contribution < -0.4 is 5.32 Å². The number of hydrogen-bond donors (Lipinski definition) is 1. The van der Waals surface area contributed by atoms with E-state index in [0.29, 0.717) is 6.42 Å². The smallest absolute Gasteiger partial charge is 0.225 e. The molecule has 0 spiro atoms. The van der Waals surface area contributed by atoms with Crippen molar-refractivity contribution in [2.45, 2.75) is 19.8 Å². The molecule has 1 aromatic carbocycles. The van der Waals surface area contributed by atoms with E-state index >= 15 is 0 Å². The van der Waals surface area contributed by atoms with Gasteiger partial charge in [0.1, 0.15) is 5.00 Å². The predicted octanol–water partition coefficient (Wildman–Crippen LogP) is 3.02. The molecule has 0 saturated carbocycles. The summed E-state index contributed by atoms with van der Waals surface area (Å²) in [5, 5.41) is 3.73. The Labute approximate surface area is 105 Å². The van der Waals surface area contributed by atoms with Crippen LogP contribution in [-0.2, 0) is 11.2 Å². The van der Waals surface area contributed by atoms with Crippen LogP contribution in [0.1, 0.15) is 17.7 Å². The van der Waals surface area contributed by atoms with Crippen LogP contribution in [0.2, 0.25) is 0 Å². The van der Waals surface area contributed by atoms with Crippen molar-refractivity contribution in [1.82, 2.24) is 4.98 Å². The van der Waals surface area contributed by atoms with Crippen LogP contribution >= 0.6 is 11.3 Å². The number of carbonyl (C=O) groups excluding carboxylic acids is 1. The Morgan fingerprint density at radius 2 is 2.12 bits per heavy atom. The minimum Gasteiger partial charge on any atom is -0.316 e. The summed E-state index contributed by atoms with van der Waals surface area (Å²) in [6.45, 7) is 1.89. The van der Waals surface area contributed by atoms with E-state index in [2.05, 4.69) is 10.3 Å². The topological polar surface area (TPSA) is 42.0 Å². The fraction of sp³-hybridized carbons (Fsp3) is 0.231. The van der Waals surface area contributed by atoms with Crippen molar-refractivity contribution in [3.63, 3.8) is 0 Å². The van der Waals surface area contributed by atoms with Gasteiger partial charge in [-0.2, -0.15) is 0 Å². The molecule has 0 atom stereocenters. The molecule has 1 heterocycles. The Morgan fingerprint density at radius 3 is 2.76 bits per heavy atom. The van der Waals surface area contributed by atoms with E-state index in [-0.39, 0.29) is 5.91 Å². The van der Waals surface area contributed by atoms with Crippen molar-refractivity contribution in [3.05, 3.63) is 47.1 Å². The SMILES string of the molecule is Cc1ncsc1NC(=O)CCc1ccccc1. The van der Waals surface area contributed by atoms with Gasteiger partial charge in [-0.05, 0) is 18.9 Å². The molecule has 1 aromatic heterocycles. The summed E-state index contributed by atoms with van der Waals surface area (Å²) in [6.07, 6.45) is 1.27. The van der Waals surface area contributed by atoms with Crippen molar-refractivity contribution < 1.29 is 4.79 Å². The normalized spacial score (nSPS) is 10.2. The highest BCUT2D eigenvalue weighted by Gasteiger charge is 2.06. The Bertz CT molecular complexity index is 493. The summed E-state index contributed by atoms with van der Waals surface area (Å²) in [6, 6.07) is 10.0. The van der Waals surface area contributed by atoms with Gasteiger partial charge in [0.15, 0.2) is 0 Å². The minimum atomic E-state index is 0.0428. The zero-order valence-corrected chi connectivity index (χ0v) is 10.5. The summed E-state index contributed by atoms with van der Waals surface area (Å²) in [4.78, 5) is 15.8. The Morgan fingerprint density at radius 1 is 1.35 bits per heavy atom. The fourth-order valence-electron chi connectivity index (χ4n) is 1.51. The molecule has 0 aliphatic heterocycles. The summed E-state index contributed by atoms with van der Waals surface area (Å²) < 4.78 is 0. The second kappa shape index (κ2) is 5.59. The molecule has 4 heteroatoms. The summed E-state index contributed by atoms with van der Waals surface area (Å²) >= 11 is 1.46. The van der Waals surface area contributed by atoms with Crippen molar-refractivity contribution in [3.8, 4) is 0 Å². The minimum absolute atomic E-state index is 0.0428. The third-order valence-corrected chi connectivity index (χ3v) is 3.33. The van der Waals surface area contributed by atoms with Gasteiger partial charge in [-0.15, -0.1) is 11.3 Å². The fourth-order valence-corrected chi connectivity index (χ4v) is 2.23. The molecule has 0 fully saturated rings. The lowest BCUT2D eigenvalue weighted by atomic mass is 10.1. The number of aryl methyl sites for hydroxylation is 2. The monoisotopic (exact) mass is 246 g/mol. The van der Waals surface area contributed by atoms with Crippen LogP contribution in [0.5, 0.6) is 0 Å². The van der Waals surface area contributed by atoms with Crippen molar-refractivity contribution in [2.75, 3.05) is 5.32 Å². The van der Waals surface area contributed by atoms with Crippen LogP contribution in [0.4, 0.5) is 5.00 Å². The molecule has 1 amide bonds. The molecule has 0 aliphatic rings. The van der Waals surface area contributed by atoms with Crippen LogP contribution in [0.3, 0.4) is 0 Å². The maximum Gasteiger partial charge on any atom is 0.225 e. The molecule has 0 saturated heterocycles. The Balaban J connectivity index is 1.85. The molecule has 3 nitrogen and oxygen atoms in total. The van der Waals surface area contributed by atoms with Gasteiger partial charge in [0.2, 0.25) is 5.91 Å². The number of thiazole rings is 1. The maximum atomic E-state index is 11.7. The lowest BCUT2D eigenvalue weighted by molar-refractivity contribution is -0.116. The number of amides is 1. The van der Waals surface area contributed by atoms with Gasteiger partial charge in [0.05, 0.1) is 11.2 Å². The van der Waals surface area contributed by atoms with Gasteiger partial charge in [-0.1, -0.05) is 30.3 Å². The maximum absolute atomic E-state index is 11.7.